The Kier molecular flexibility index (Phi) is 18.9. The van der Waals surface area contributed by atoms with E-state index in [9.17, 15) is 50.7 Å². The Morgan fingerprint density at radius 2 is 1.36 bits per heavy atom. The number of nitrogens with zero attached hydrogens (tertiary/aromatic N) is 1. The molecule has 1 saturated heterocycles. The highest BCUT2D eigenvalue weighted by molar-refractivity contribution is 6.01. The van der Waals surface area contributed by atoms with Gasteiger partial charge in [-0.1, -0.05) is 76.1 Å². The second-order valence-electron chi connectivity index (χ2n) is 19.4. The van der Waals surface area contributed by atoms with E-state index in [1.165, 1.54) is 17.0 Å². The fourth-order valence-corrected chi connectivity index (χ4v) is 8.44. The minimum Gasteiger partial charge on any atom is -0.457 e. The van der Waals surface area contributed by atoms with E-state index in [2.05, 4.69) is 31.9 Å². The average molecular weight is 1030 g/mol. The second-order valence-corrected chi connectivity index (χ2v) is 19.4. The maximum Gasteiger partial charge on any atom is 0.416 e. The van der Waals surface area contributed by atoms with Gasteiger partial charge in [-0.15, -0.1) is 0 Å². The number of carbonyl (C=O) groups is 6. The third-order valence-corrected chi connectivity index (χ3v) is 12.7. The van der Waals surface area contributed by atoms with E-state index in [0.717, 1.165) is 41.5 Å². The summed E-state index contributed by atoms with van der Waals surface area (Å²) in [4.78, 5) is 81.0. The summed E-state index contributed by atoms with van der Waals surface area (Å²) in [5.74, 6) is -4.00. The number of ether oxygens (including phenoxy) is 1. The highest BCUT2D eigenvalue weighted by Gasteiger charge is 2.45. The Morgan fingerprint density at radius 1 is 0.743 bits per heavy atom. The van der Waals surface area contributed by atoms with E-state index < -0.39 is 76.4 Å². The van der Waals surface area contributed by atoms with Crippen molar-refractivity contribution in [2.24, 2.45) is 5.41 Å². The first-order chi connectivity index (χ1) is 35.1. The highest BCUT2D eigenvalue weighted by atomic mass is 19.4. The molecule has 5 aromatic carbocycles. The molecule has 0 radical (unpaired) electrons. The van der Waals surface area contributed by atoms with Gasteiger partial charge in [0.15, 0.2) is 0 Å². The van der Waals surface area contributed by atoms with Gasteiger partial charge < -0.3 is 41.5 Å². The first-order valence-corrected chi connectivity index (χ1v) is 24.4. The first-order valence-electron chi connectivity index (χ1n) is 24.4. The van der Waals surface area contributed by atoms with Crippen LogP contribution in [0.4, 0.5) is 27.6 Å². The molecule has 0 saturated carbocycles. The van der Waals surface area contributed by atoms with Crippen molar-refractivity contribution in [2.45, 2.75) is 116 Å². The summed E-state index contributed by atoms with van der Waals surface area (Å²) in [5.41, 5.74) is -0.200. The summed E-state index contributed by atoms with van der Waals surface area (Å²) >= 11 is 0. The molecule has 6 rings (SSSR count). The maximum absolute atomic E-state index is 14.6. The van der Waals surface area contributed by atoms with Crippen LogP contribution in [0.25, 0.3) is 10.8 Å². The molecule has 0 aliphatic carbocycles. The zero-order valence-electron chi connectivity index (χ0n) is 41.9. The summed E-state index contributed by atoms with van der Waals surface area (Å²) in [6.45, 7) is 7.30. The zero-order chi connectivity index (χ0) is 53.7. The normalized spacial score (nSPS) is 15.5. The molecule has 394 valence electrons. The standard InChI is InChI=1S/C55H62F5N7O7/c1-33(61-5)50(70)66-49(54(2,3)4)53(73)67-32-39(29-44(67)52(72)65-48-42(56)16-12-17-43(48)57)64-47(69)20-9-7-6-8-19-46(68)62-30-34-13-10-14-35(27-34)31-63-51(71)37-21-26-41-36(28-37)15-11-18-45(41)74-40-24-22-38(23-25-40)55(58,59)60/h10-18,21-28,33,39,44,49,61H,6-9,19-20,29-32H2,1-5H3,(H,62,68)(H,63,71)(H,64,69)(H,65,72)(H,66,70)/t33-,39-,44-,49+/m0/s1. The summed E-state index contributed by atoms with van der Waals surface area (Å²) in [7, 11) is 1.60. The molecule has 4 atom stereocenters. The minimum atomic E-state index is -4.46. The lowest BCUT2D eigenvalue weighted by atomic mass is 9.85. The second kappa shape index (κ2) is 25.0. The van der Waals surface area contributed by atoms with Crippen LogP contribution in [0.2, 0.25) is 0 Å². The van der Waals surface area contributed by atoms with E-state index in [4.69, 9.17) is 4.74 Å². The molecule has 0 aromatic heterocycles. The predicted molar refractivity (Wildman–Crippen MR) is 270 cm³/mol. The molecule has 14 nitrogen and oxygen atoms in total. The van der Waals surface area contributed by atoms with Crippen LogP contribution >= 0.6 is 0 Å². The summed E-state index contributed by atoms with van der Waals surface area (Å²) in [6.07, 6.45) is -1.66. The molecule has 0 bridgehead atoms. The van der Waals surface area contributed by atoms with Crippen molar-refractivity contribution in [3.63, 3.8) is 0 Å². The molecule has 6 amide bonds. The first kappa shape index (κ1) is 55.9. The van der Waals surface area contributed by atoms with Gasteiger partial charge in [-0.2, -0.15) is 13.2 Å². The quantitative estimate of drug-likeness (QED) is 0.0311. The number of likely N-dealkylation sites (tertiary alicyclic amines) is 1. The van der Waals surface area contributed by atoms with Gasteiger partial charge in [0.25, 0.3) is 5.91 Å². The largest absolute Gasteiger partial charge is 0.457 e. The van der Waals surface area contributed by atoms with Crippen LogP contribution in [0.15, 0.2) is 103 Å². The third-order valence-electron chi connectivity index (χ3n) is 12.7. The van der Waals surface area contributed by atoms with Crippen LogP contribution in [-0.4, -0.2) is 78.1 Å². The van der Waals surface area contributed by atoms with Crippen LogP contribution in [0.1, 0.15) is 99.7 Å². The molecule has 0 unspecified atom stereocenters. The Labute approximate surface area is 426 Å². The lowest BCUT2D eigenvalue weighted by molar-refractivity contribution is -0.143. The van der Waals surface area contributed by atoms with Crippen LogP contribution in [0.3, 0.4) is 0 Å². The number of likely N-dealkylation sites (N-methyl/N-ethyl adjacent to an activating group) is 1. The van der Waals surface area contributed by atoms with Crippen molar-refractivity contribution < 1.29 is 55.5 Å². The molecule has 19 heteroatoms. The van der Waals surface area contributed by atoms with Crippen LogP contribution in [-0.2, 0) is 43.2 Å². The Hall–Kier alpha value is -7.41. The van der Waals surface area contributed by atoms with Crippen LogP contribution in [0, 0.1) is 17.0 Å². The molecule has 1 aliphatic rings. The topological polar surface area (TPSA) is 187 Å². The fraction of sp³-hybridized carbons (Fsp3) is 0.382. The number of nitrogens with one attached hydrogen (secondary N) is 6. The Balaban J connectivity index is 0.921. The zero-order valence-corrected chi connectivity index (χ0v) is 41.9. The van der Waals surface area contributed by atoms with E-state index in [-0.39, 0.29) is 62.4 Å². The lowest BCUT2D eigenvalue weighted by Crippen LogP contribution is -2.59. The van der Waals surface area contributed by atoms with Crippen molar-refractivity contribution in [1.29, 1.82) is 0 Å². The number of alkyl halides is 3. The number of amides is 6. The van der Waals surface area contributed by atoms with E-state index in [1.54, 1.807) is 71.1 Å². The van der Waals surface area contributed by atoms with Gasteiger partial charge >= 0.3 is 6.18 Å². The molecule has 1 fully saturated rings. The number of carbonyl (C=O) groups excluding carboxylic acids is 6. The van der Waals surface area contributed by atoms with Gasteiger partial charge in [0.05, 0.1) is 11.6 Å². The number of unbranched alkanes of at least 4 members (excludes halogenated alkanes) is 3. The van der Waals surface area contributed by atoms with Gasteiger partial charge in [-0.25, -0.2) is 8.78 Å². The predicted octanol–water partition coefficient (Wildman–Crippen LogP) is 8.68. The van der Waals surface area contributed by atoms with E-state index in [0.29, 0.717) is 47.8 Å². The fourth-order valence-electron chi connectivity index (χ4n) is 8.44. The van der Waals surface area contributed by atoms with Gasteiger partial charge in [-0.05, 0) is 116 Å². The smallest absolute Gasteiger partial charge is 0.416 e. The molecule has 5 aromatic rings. The van der Waals surface area contributed by atoms with Crippen LogP contribution < -0.4 is 36.6 Å². The highest BCUT2D eigenvalue weighted by Crippen LogP contribution is 2.34. The molecule has 1 aliphatic heterocycles. The number of benzene rings is 5. The summed E-state index contributed by atoms with van der Waals surface area (Å²) in [5, 5.41) is 18.0. The van der Waals surface area contributed by atoms with E-state index in [1.807, 2.05) is 24.3 Å². The summed E-state index contributed by atoms with van der Waals surface area (Å²) in [6, 6.07) is 21.6. The van der Waals surface area contributed by atoms with Crippen molar-refractivity contribution in [3.8, 4) is 11.5 Å². The van der Waals surface area contributed by atoms with Crippen molar-refractivity contribution >= 4 is 51.9 Å². The number of halogens is 5. The third kappa shape index (κ3) is 15.3. The van der Waals surface area contributed by atoms with Gasteiger partial charge in [0.2, 0.25) is 29.5 Å². The lowest BCUT2D eigenvalue weighted by Gasteiger charge is -2.36. The minimum absolute atomic E-state index is 0.0404. The van der Waals surface area contributed by atoms with Gasteiger partial charge in [0, 0.05) is 49.5 Å². The van der Waals surface area contributed by atoms with Gasteiger partial charge in [-0.3, -0.25) is 28.8 Å². The van der Waals surface area contributed by atoms with E-state index >= 15 is 0 Å². The molecule has 1 heterocycles. The number of rotatable bonds is 21. The SMILES string of the molecule is CN[C@@H](C)C(=O)N[C@H](C(=O)N1C[C@@H](NC(=O)CCCCCCC(=O)NCc2cccc(CNC(=O)c3ccc4c(Oc5ccc(C(F)(F)F)cc5)cccc4c3)c2)C[C@H]1C(=O)Nc1c(F)cccc1F)C(C)(C)C. The molecular formula is C55H62F5N7O7. The van der Waals surface area contributed by atoms with Crippen molar-refractivity contribution in [3.05, 3.63) is 137 Å². The Morgan fingerprint density at radius 3 is 2.00 bits per heavy atom. The van der Waals surface area contributed by atoms with Crippen LogP contribution in [0.5, 0.6) is 11.5 Å². The average Bonchev–Trinajstić information content (AvgIpc) is 3.79. The van der Waals surface area contributed by atoms with Crippen molar-refractivity contribution in [1.82, 2.24) is 31.5 Å². The number of hydrogen-bond donors (Lipinski definition) is 6. The van der Waals surface area contributed by atoms with Crippen molar-refractivity contribution in [2.75, 3.05) is 18.9 Å². The number of para-hydroxylation sites is 1. The summed E-state index contributed by atoms with van der Waals surface area (Å²) < 4.78 is 74.0. The molecule has 0 spiro atoms. The van der Waals surface area contributed by atoms with Gasteiger partial charge in [0.1, 0.15) is 40.9 Å². The molecule has 6 N–H and O–H groups in total. The Bertz CT molecular complexity index is 2800. The molecular weight excluding hydrogens is 966 g/mol. The number of hydrogen-bond acceptors (Lipinski definition) is 8. The molecule has 74 heavy (non-hydrogen) atoms. The number of anilines is 1. The monoisotopic (exact) mass is 1030 g/mol. The number of fused-ring (bicyclic) bond motifs is 1. The maximum atomic E-state index is 14.6.